The summed E-state index contributed by atoms with van der Waals surface area (Å²) in [6.07, 6.45) is 2.44. The zero-order chi connectivity index (χ0) is 13.2. The first kappa shape index (κ1) is 13.4. The molecule has 1 aliphatic rings. The molecule has 3 nitrogen and oxygen atoms in total. The lowest BCUT2D eigenvalue weighted by Gasteiger charge is -2.38. The maximum absolute atomic E-state index is 10.9. The van der Waals surface area contributed by atoms with Crippen molar-refractivity contribution in [2.75, 3.05) is 13.7 Å². The Kier molecular flexibility index (Phi) is 3.93. The van der Waals surface area contributed by atoms with Crippen molar-refractivity contribution in [3.63, 3.8) is 0 Å². The van der Waals surface area contributed by atoms with Crippen molar-refractivity contribution >= 4 is 0 Å². The highest BCUT2D eigenvalue weighted by Crippen LogP contribution is 2.38. The fraction of sp³-hybridized carbons (Fsp3) is 0.600. The molecule has 1 aromatic rings. The van der Waals surface area contributed by atoms with Gasteiger partial charge in [-0.2, -0.15) is 0 Å². The van der Waals surface area contributed by atoms with E-state index in [2.05, 4.69) is 6.92 Å². The lowest BCUT2D eigenvalue weighted by Crippen LogP contribution is -2.38. The maximum atomic E-state index is 10.9. The molecule has 18 heavy (non-hydrogen) atoms. The van der Waals surface area contributed by atoms with E-state index < -0.39 is 5.60 Å². The summed E-state index contributed by atoms with van der Waals surface area (Å²) in [5.74, 6) is 0.832. The standard InChI is InChI=1S/C15H22O3/c1-4-12-10-15(16,7-8-18-12)14-6-5-13(17-3)9-11(14)2/h5-6,9,12,16H,4,7-8,10H2,1-3H3. The first-order chi connectivity index (χ1) is 8.59. The second-order valence-corrected chi connectivity index (χ2v) is 5.07. The van der Waals surface area contributed by atoms with Gasteiger partial charge >= 0.3 is 0 Å². The molecule has 3 heteroatoms. The van der Waals surface area contributed by atoms with Crippen LogP contribution >= 0.6 is 0 Å². The van der Waals surface area contributed by atoms with Crippen LogP contribution in [-0.2, 0) is 10.3 Å². The fourth-order valence-electron chi connectivity index (χ4n) is 2.72. The minimum Gasteiger partial charge on any atom is -0.497 e. The third-order valence-electron chi connectivity index (χ3n) is 3.82. The summed E-state index contributed by atoms with van der Waals surface area (Å²) in [5.41, 5.74) is 1.33. The van der Waals surface area contributed by atoms with Crippen LogP contribution in [0.25, 0.3) is 0 Å². The van der Waals surface area contributed by atoms with Crippen molar-refractivity contribution in [3.05, 3.63) is 29.3 Å². The van der Waals surface area contributed by atoms with Gasteiger partial charge in [0.2, 0.25) is 0 Å². The molecule has 1 aromatic carbocycles. The molecule has 0 aliphatic carbocycles. The zero-order valence-electron chi connectivity index (χ0n) is 11.4. The topological polar surface area (TPSA) is 38.7 Å². The zero-order valence-corrected chi connectivity index (χ0v) is 11.4. The van der Waals surface area contributed by atoms with E-state index in [1.807, 2.05) is 25.1 Å². The third-order valence-corrected chi connectivity index (χ3v) is 3.82. The van der Waals surface area contributed by atoms with Crippen LogP contribution in [0.4, 0.5) is 0 Å². The lowest BCUT2D eigenvalue weighted by atomic mass is 9.81. The summed E-state index contributed by atoms with van der Waals surface area (Å²) in [5, 5.41) is 10.9. The molecule has 1 saturated heterocycles. The number of ether oxygens (including phenoxy) is 2. The number of benzene rings is 1. The summed E-state index contributed by atoms with van der Waals surface area (Å²) in [6, 6.07) is 5.87. The van der Waals surface area contributed by atoms with Gasteiger partial charge < -0.3 is 14.6 Å². The van der Waals surface area contributed by atoms with E-state index in [0.29, 0.717) is 19.4 Å². The van der Waals surface area contributed by atoms with Gasteiger partial charge in [-0.25, -0.2) is 0 Å². The number of methoxy groups -OCH3 is 1. The molecule has 1 N–H and O–H groups in total. The van der Waals surface area contributed by atoms with Crippen LogP contribution in [0.5, 0.6) is 5.75 Å². The average Bonchev–Trinajstić information content (AvgIpc) is 2.38. The summed E-state index contributed by atoms with van der Waals surface area (Å²) in [7, 11) is 1.66. The number of hydrogen-bond donors (Lipinski definition) is 1. The van der Waals surface area contributed by atoms with Crippen molar-refractivity contribution in [3.8, 4) is 5.75 Å². The molecule has 0 radical (unpaired) electrons. The second-order valence-electron chi connectivity index (χ2n) is 5.07. The largest absolute Gasteiger partial charge is 0.497 e. The molecule has 1 aliphatic heterocycles. The van der Waals surface area contributed by atoms with Gasteiger partial charge in [-0.05, 0) is 36.6 Å². The predicted octanol–water partition coefficient (Wildman–Crippen LogP) is 2.78. The average molecular weight is 250 g/mol. The minimum atomic E-state index is -0.755. The monoisotopic (exact) mass is 250 g/mol. The molecule has 2 atom stereocenters. The maximum Gasteiger partial charge on any atom is 0.119 e. The number of hydrogen-bond acceptors (Lipinski definition) is 3. The van der Waals surface area contributed by atoms with Crippen molar-refractivity contribution < 1.29 is 14.6 Å². The van der Waals surface area contributed by atoms with Gasteiger partial charge in [0, 0.05) is 12.8 Å². The van der Waals surface area contributed by atoms with Gasteiger partial charge in [-0.1, -0.05) is 13.0 Å². The van der Waals surface area contributed by atoms with Crippen LogP contribution in [0.15, 0.2) is 18.2 Å². The van der Waals surface area contributed by atoms with E-state index >= 15 is 0 Å². The third kappa shape index (κ3) is 2.52. The summed E-state index contributed by atoms with van der Waals surface area (Å²) < 4.78 is 10.9. The Bertz CT molecular complexity index is 416. The Balaban J connectivity index is 2.29. The number of aryl methyl sites for hydroxylation is 1. The summed E-state index contributed by atoms with van der Waals surface area (Å²) >= 11 is 0. The Hall–Kier alpha value is -1.06. The summed E-state index contributed by atoms with van der Waals surface area (Å²) in [6.45, 7) is 4.74. The van der Waals surface area contributed by atoms with Crippen LogP contribution in [0.2, 0.25) is 0 Å². The van der Waals surface area contributed by atoms with Crippen molar-refractivity contribution in [1.82, 2.24) is 0 Å². The smallest absolute Gasteiger partial charge is 0.119 e. The minimum absolute atomic E-state index is 0.158. The van der Waals surface area contributed by atoms with Gasteiger partial charge in [0.15, 0.2) is 0 Å². The molecular formula is C15H22O3. The fourth-order valence-corrected chi connectivity index (χ4v) is 2.72. The van der Waals surface area contributed by atoms with Gasteiger partial charge in [-0.3, -0.25) is 0 Å². The molecule has 100 valence electrons. The highest BCUT2D eigenvalue weighted by atomic mass is 16.5. The van der Waals surface area contributed by atoms with E-state index in [9.17, 15) is 5.11 Å². The molecular weight excluding hydrogens is 228 g/mol. The van der Waals surface area contributed by atoms with Crippen molar-refractivity contribution in [1.29, 1.82) is 0 Å². The van der Waals surface area contributed by atoms with Crippen LogP contribution in [0.1, 0.15) is 37.3 Å². The Morgan fingerprint density at radius 2 is 2.28 bits per heavy atom. The summed E-state index contributed by atoms with van der Waals surface area (Å²) in [4.78, 5) is 0. The molecule has 0 saturated carbocycles. The second kappa shape index (κ2) is 5.29. The molecule has 2 unspecified atom stereocenters. The van der Waals surface area contributed by atoms with Gasteiger partial charge in [0.1, 0.15) is 5.75 Å². The van der Waals surface area contributed by atoms with E-state index in [-0.39, 0.29) is 6.10 Å². The molecule has 1 heterocycles. The SMILES string of the molecule is CCC1CC(O)(c2ccc(OC)cc2C)CCO1. The Morgan fingerprint density at radius 3 is 2.89 bits per heavy atom. The van der Waals surface area contributed by atoms with Gasteiger partial charge in [0.05, 0.1) is 25.4 Å². The normalized spacial score (nSPS) is 28.1. The molecule has 0 aromatic heterocycles. The lowest BCUT2D eigenvalue weighted by molar-refractivity contribution is -0.108. The first-order valence-corrected chi connectivity index (χ1v) is 6.58. The van der Waals surface area contributed by atoms with Crippen molar-refractivity contribution in [2.24, 2.45) is 0 Å². The highest BCUT2D eigenvalue weighted by molar-refractivity contribution is 5.38. The van der Waals surface area contributed by atoms with Crippen LogP contribution < -0.4 is 4.74 Å². The van der Waals surface area contributed by atoms with Crippen LogP contribution in [-0.4, -0.2) is 24.9 Å². The van der Waals surface area contributed by atoms with Gasteiger partial charge in [0.25, 0.3) is 0 Å². The van der Waals surface area contributed by atoms with Crippen molar-refractivity contribution in [2.45, 2.75) is 44.8 Å². The van der Waals surface area contributed by atoms with Crippen LogP contribution in [0, 0.1) is 6.92 Å². The Labute approximate surface area is 109 Å². The molecule has 0 bridgehead atoms. The number of aliphatic hydroxyl groups is 1. The van der Waals surface area contributed by atoms with E-state index in [1.54, 1.807) is 7.11 Å². The molecule has 0 amide bonds. The molecule has 1 fully saturated rings. The predicted molar refractivity (Wildman–Crippen MR) is 70.9 cm³/mol. The molecule has 0 spiro atoms. The van der Waals surface area contributed by atoms with E-state index in [0.717, 1.165) is 23.3 Å². The quantitative estimate of drug-likeness (QED) is 0.896. The van der Waals surface area contributed by atoms with Crippen LogP contribution in [0.3, 0.4) is 0 Å². The highest BCUT2D eigenvalue weighted by Gasteiger charge is 2.36. The Morgan fingerprint density at radius 1 is 1.50 bits per heavy atom. The molecule has 2 rings (SSSR count). The van der Waals surface area contributed by atoms with E-state index in [4.69, 9.17) is 9.47 Å². The number of rotatable bonds is 3. The van der Waals surface area contributed by atoms with E-state index in [1.165, 1.54) is 0 Å². The van der Waals surface area contributed by atoms with Gasteiger partial charge in [-0.15, -0.1) is 0 Å². The first-order valence-electron chi connectivity index (χ1n) is 6.58.